The summed E-state index contributed by atoms with van der Waals surface area (Å²) in [7, 11) is -1.81. The Kier molecular flexibility index (Phi) is 9.86. The standard InChI is InChI=1S/C34H44N4O2Si/c1-34(2,3)41(4,5)40-23-22-38(21-20-28-24-36-31-12-8-6-10-29(28)31)25-27-16-14-26(15-17-27)18-19-33(39)37-32-13-9-7-11-30(32)35/h6-19,24,36H,20-23,25,35H2,1-5H3,(H,37,39)/b19-18-. The highest BCUT2D eigenvalue weighted by molar-refractivity contribution is 6.74. The van der Waals surface area contributed by atoms with E-state index in [0.717, 1.165) is 38.2 Å². The van der Waals surface area contributed by atoms with Gasteiger partial charge in [-0.1, -0.05) is 75.4 Å². The van der Waals surface area contributed by atoms with Crippen molar-refractivity contribution in [3.63, 3.8) is 0 Å². The van der Waals surface area contributed by atoms with E-state index in [1.165, 1.54) is 28.1 Å². The SMILES string of the molecule is CC(C)(C)[Si](C)(C)OCCN(CCc1c[nH]c2ccccc12)Cc1ccc(/C=C\C(=O)Nc2ccccc2N)cc1. The van der Waals surface area contributed by atoms with Gasteiger partial charge in [0.05, 0.1) is 11.4 Å². The summed E-state index contributed by atoms with van der Waals surface area (Å²) in [6.07, 6.45) is 6.46. The lowest BCUT2D eigenvalue weighted by atomic mass is 10.1. The normalized spacial score (nSPS) is 12.4. The van der Waals surface area contributed by atoms with Crippen molar-refractivity contribution in [2.45, 2.75) is 51.9 Å². The second-order valence-corrected chi connectivity index (χ2v) is 17.0. The van der Waals surface area contributed by atoms with E-state index in [0.29, 0.717) is 11.4 Å². The molecule has 0 fully saturated rings. The van der Waals surface area contributed by atoms with Gasteiger partial charge in [0.15, 0.2) is 8.32 Å². The van der Waals surface area contributed by atoms with Crippen molar-refractivity contribution < 1.29 is 9.22 Å². The molecular weight excluding hydrogens is 524 g/mol. The fraction of sp³-hybridized carbons (Fsp3) is 0.324. The zero-order chi connectivity index (χ0) is 29.5. The van der Waals surface area contributed by atoms with Gasteiger partial charge in [-0.2, -0.15) is 0 Å². The van der Waals surface area contributed by atoms with Crippen molar-refractivity contribution >= 4 is 42.6 Å². The molecule has 0 aliphatic heterocycles. The molecule has 1 heterocycles. The first-order valence-electron chi connectivity index (χ1n) is 14.4. The molecule has 0 radical (unpaired) electrons. The smallest absolute Gasteiger partial charge is 0.248 e. The van der Waals surface area contributed by atoms with Crippen molar-refractivity contribution in [3.8, 4) is 0 Å². The molecule has 0 spiro atoms. The van der Waals surface area contributed by atoms with Gasteiger partial charge in [-0.15, -0.1) is 0 Å². The zero-order valence-corrected chi connectivity index (χ0v) is 26.0. The molecule has 0 atom stereocenters. The van der Waals surface area contributed by atoms with Gasteiger partial charge in [-0.3, -0.25) is 9.69 Å². The highest BCUT2D eigenvalue weighted by Gasteiger charge is 2.37. The minimum absolute atomic E-state index is 0.190. The van der Waals surface area contributed by atoms with Gasteiger partial charge in [-0.25, -0.2) is 0 Å². The number of rotatable bonds is 12. The van der Waals surface area contributed by atoms with Crippen LogP contribution in [0.2, 0.25) is 18.1 Å². The molecule has 0 aliphatic rings. The third-order valence-electron chi connectivity index (χ3n) is 8.08. The maximum Gasteiger partial charge on any atom is 0.248 e. The number of aromatic nitrogens is 1. The van der Waals surface area contributed by atoms with Gasteiger partial charge in [-0.05, 0) is 65.5 Å². The average Bonchev–Trinajstić information content (AvgIpc) is 3.35. The first-order valence-corrected chi connectivity index (χ1v) is 17.3. The summed E-state index contributed by atoms with van der Waals surface area (Å²) in [5.41, 5.74) is 11.8. The van der Waals surface area contributed by atoms with E-state index in [9.17, 15) is 4.79 Å². The molecule has 3 aromatic carbocycles. The molecule has 216 valence electrons. The van der Waals surface area contributed by atoms with Crippen molar-refractivity contribution in [1.82, 2.24) is 9.88 Å². The summed E-state index contributed by atoms with van der Waals surface area (Å²) in [5.74, 6) is -0.211. The molecular formula is C34H44N4O2Si. The Labute approximate surface area is 245 Å². The Morgan fingerprint density at radius 1 is 1.00 bits per heavy atom. The molecule has 1 aromatic heterocycles. The predicted octanol–water partition coefficient (Wildman–Crippen LogP) is 7.47. The number of hydrogen-bond donors (Lipinski definition) is 3. The molecule has 7 heteroatoms. The number of aromatic amines is 1. The van der Waals surface area contributed by atoms with E-state index in [2.05, 4.69) is 104 Å². The lowest BCUT2D eigenvalue weighted by molar-refractivity contribution is -0.111. The van der Waals surface area contributed by atoms with E-state index in [4.69, 9.17) is 10.2 Å². The molecule has 0 bridgehead atoms. The van der Waals surface area contributed by atoms with Crippen LogP contribution in [0.1, 0.15) is 37.5 Å². The lowest BCUT2D eigenvalue weighted by Crippen LogP contribution is -2.43. The zero-order valence-electron chi connectivity index (χ0n) is 25.0. The van der Waals surface area contributed by atoms with Crippen molar-refractivity contribution in [2.24, 2.45) is 0 Å². The maximum atomic E-state index is 12.4. The van der Waals surface area contributed by atoms with E-state index in [1.54, 1.807) is 12.1 Å². The van der Waals surface area contributed by atoms with Gasteiger partial charge in [0.2, 0.25) is 5.91 Å². The van der Waals surface area contributed by atoms with Crippen LogP contribution in [-0.4, -0.2) is 43.8 Å². The van der Waals surface area contributed by atoms with E-state index < -0.39 is 8.32 Å². The third kappa shape index (κ3) is 8.42. The quantitative estimate of drug-likeness (QED) is 0.0940. The largest absolute Gasteiger partial charge is 0.416 e. The average molecular weight is 569 g/mol. The number of carbonyl (C=O) groups excluding carboxylic acids is 1. The topological polar surface area (TPSA) is 83.4 Å². The van der Waals surface area contributed by atoms with Crippen LogP contribution >= 0.6 is 0 Å². The first kappa shape index (κ1) is 30.3. The van der Waals surface area contributed by atoms with Gasteiger partial charge < -0.3 is 20.5 Å². The monoisotopic (exact) mass is 568 g/mol. The Hall–Kier alpha value is -3.65. The third-order valence-corrected chi connectivity index (χ3v) is 12.6. The number of carbonyl (C=O) groups is 1. The van der Waals surface area contributed by atoms with Crippen LogP contribution < -0.4 is 11.1 Å². The van der Waals surface area contributed by atoms with Crippen LogP contribution in [0.5, 0.6) is 0 Å². The summed E-state index contributed by atoms with van der Waals surface area (Å²) < 4.78 is 6.53. The molecule has 4 N–H and O–H groups in total. The van der Waals surface area contributed by atoms with Gasteiger partial charge in [0, 0.05) is 49.4 Å². The number of benzene rings is 3. The van der Waals surface area contributed by atoms with Gasteiger partial charge in [0.25, 0.3) is 0 Å². The van der Waals surface area contributed by atoms with E-state index >= 15 is 0 Å². The van der Waals surface area contributed by atoms with Crippen LogP contribution in [0.3, 0.4) is 0 Å². The summed E-state index contributed by atoms with van der Waals surface area (Å²) in [4.78, 5) is 18.3. The number of nitrogen functional groups attached to an aromatic ring is 1. The first-order chi connectivity index (χ1) is 19.5. The number of nitrogens with two attached hydrogens (primary N) is 1. The minimum atomic E-state index is -1.81. The fourth-order valence-electron chi connectivity index (χ4n) is 4.48. The molecule has 0 aliphatic carbocycles. The molecule has 6 nitrogen and oxygen atoms in total. The summed E-state index contributed by atoms with van der Waals surface area (Å²) in [6, 6.07) is 24.1. The number of nitrogens with one attached hydrogen (secondary N) is 2. The molecule has 0 saturated heterocycles. The summed E-state index contributed by atoms with van der Waals surface area (Å²) in [6.45, 7) is 14.8. The second kappa shape index (κ2) is 13.3. The maximum absolute atomic E-state index is 12.4. The highest BCUT2D eigenvalue weighted by atomic mass is 28.4. The fourth-order valence-corrected chi connectivity index (χ4v) is 5.52. The van der Waals surface area contributed by atoms with Crippen LogP contribution in [-0.2, 0) is 22.2 Å². The van der Waals surface area contributed by atoms with Crippen LogP contribution in [0.15, 0.2) is 85.1 Å². The number of para-hydroxylation sites is 3. The minimum Gasteiger partial charge on any atom is -0.416 e. The van der Waals surface area contributed by atoms with Crippen molar-refractivity contribution in [2.75, 3.05) is 30.7 Å². The number of amides is 1. The van der Waals surface area contributed by atoms with Crippen LogP contribution in [0.4, 0.5) is 11.4 Å². The van der Waals surface area contributed by atoms with Gasteiger partial charge in [0.1, 0.15) is 0 Å². The number of H-pyrrole nitrogens is 1. The summed E-state index contributed by atoms with van der Waals surface area (Å²) >= 11 is 0. The predicted molar refractivity (Wildman–Crippen MR) is 175 cm³/mol. The van der Waals surface area contributed by atoms with Crippen LogP contribution in [0, 0.1) is 0 Å². The molecule has 4 rings (SSSR count). The van der Waals surface area contributed by atoms with Gasteiger partial charge >= 0.3 is 0 Å². The Morgan fingerprint density at radius 2 is 1.71 bits per heavy atom. The Bertz CT molecular complexity index is 1470. The molecule has 0 saturated carbocycles. The number of anilines is 2. The Morgan fingerprint density at radius 3 is 2.44 bits per heavy atom. The number of hydrogen-bond acceptors (Lipinski definition) is 4. The van der Waals surface area contributed by atoms with Crippen molar-refractivity contribution in [3.05, 3.63) is 102 Å². The second-order valence-electron chi connectivity index (χ2n) is 12.1. The number of fused-ring (bicyclic) bond motifs is 1. The molecule has 0 unspecified atom stereocenters. The lowest BCUT2D eigenvalue weighted by Gasteiger charge is -2.37. The summed E-state index contributed by atoms with van der Waals surface area (Å²) in [5, 5.41) is 4.31. The highest BCUT2D eigenvalue weighted by Crippen LogP contribution is 2.36. The number of nitrogens with zero attached hydrogens (tertiary/aromatic N) is 1. The molecule has 4 aromatic rings. The molecule has 41 heavy (non-hydrogen) atoms. The Balaban J connectivity index is 1.39. The molecule has 1 amide bonds. The van der Waals surface area contributed by atoms with Crippen LogP contribution in [0.25, 0.3) is 17.0 Å². The van der Waals surface area contributed by atoms with E-state index in [1.807, 2.05) is 18.2 Å². The van der Waals surface area contributed by atoms with Crippen molar-refractivity contribution in [1.29, 1.82) is 0 Å². The van der Waals surface area contributed by atoms with E-state index in [-0.39, 0.29) is 10.9 Å².